The summed E-state index contributed by atoms with van der Waals surface area (Å²) in [4.78, 5) is 29.9. The molecule has 2 heterocycles. The summed E-state index contributed by atoms with van der Waals surface area (Å²) in [6.45, 7) is 4.01. The van der Waals surface area contributed by atoms with Crippen LogP contribution in [0.1, 0.15) is 33.9 Å². The molecule has 2 aromatic carbocycles. The molecule has 0 radical (unpaired) electrons. The largest absolute Gasteiger partial charge is 0.494 e. The number of nitrogens with zero attached hydrogens (tertiary/aromatic N) is 1. The minimum atomic E-state index is -0.305. The summed E-state index contributed by atoms with van der Waals surface area (Å²) >= 11 is 1.26. The highest BCUT2D eigenvalue weighted by atomic mass is 32.1. The Morgan fingerprint density at radius 2 is 1.90 bits per heavy atom. The van der Waals surface area contributed by atoms with E-state index in [4.69, 9.17) is 10.5 Å². The van der Waals surface area contributed by atoms with E-state index >= 15 is 0 Å². The van der Waals surface area contributed by atoms with Crippen molar-refractivity contribution in [2.75, 3.05) is 17.7 Å². The van der Waals surface area contributed by atoms with Crippen LogP contribution in [0.15, 0.2) is 48.5 Å². The third-order valence-electron chi connectivity index (χ3n) is 4.55. The van der Waals surface area contributed by atoms with Gasteiger partial charge in [0.1, 0.15) is 15.5 Å². The number of ether oxygens (including phenoxy) is 1. The van der Waals surface area contributed by atoms with Crippen LogP contribution in [-0.4, -0.2) is 23.3 Å². The number of nitrogens with two attached hydrogens (primary N) is 1. The lowest BCUT2D eigenvalue weighted by atomic mass is 10.1. The molecule has 0 aliphatic heterocycles. The van der Waals surface area contributed by atoms with Crippen molar-refractivity contribution in [3.05, 3.63) is 59.0 Å². The third-order valence-corrected chi connectivity index (χ3v) is 5.67. The van der Waals surface area contributed by atoms with E-state index < -0.39 is 0 Å². The van der Waals surface area contributed by atoms with Gasteiger partial charge in [0.2, 0.25) is 0 Å². The van der Waals surface area contributed by atoms with Gasteiger partial charge in [-0.25, -0.2) is 4.98 Å². The summed E-state index contributed by atoms with van der Waals surface area (Å²) in [7, 11) is 0. The number of thiophene rings is 1. The maximum absolute atomic E-state index is 12.8. The van der Waals surface area contributed by atoms with Crippen molar-refractivity contribution in [3.63, 3.8) is 0 Å². The number of fused-ring (bicyclic) bond motifs is 2. The fraction of sp³-hybridized carbons (Fsp3) is 0.136. The fourth-order valence-electron chi connectivity index (χ4n) is 3.08. The number of ketones is 1. The Labute approximate surface area is 171 Å². The Bertz CT molecular complexity index is 1250. The number of carbonyl (C=O) groups is 2. The maximum atomic E-state index is 12.8. The standard InChI is InChI=1S/C22H19N3O3S/c1-3-28-16-8-9-18-14(10-16)11-17-19(23)20(29-22(17)25-18)21(27)24-15-6-4-13(5-7-15)12(2)26/h4-11H,3,23H2,1-2H3,(H,24,27). The number of amides is 1. The van der Waals surface area contributed by atoms with E-state index in [-0.39, 0.29) is 11.7 Å². The third kappa shape index (κ3) is 3.64. The molecule has 4 aromatic rings. The zero-order valence-corrected chi connectivity index (χ0v) is 16.8. The average molecular weight is 405 g/mol. The van der Waals surface area contributed by atoms with Crippen LogP contribution in [0.5, 0.6) is 5.75 Å². The molecule has 3 N–H and O–H groups in total. The summed E-state index contributed by atoms with van der Waals surface area (Å²) < 4.78 is 5.55. The zero-order chi connectivity index (χ0) is 20.5. The van der Waals surface area contributed by atoms with Gasteiger partial charge in [-0.15, -0.1) is 11.3 Å². The minimum absolute atomic E-state index is 0.0257. The van der Waals surface area contributed by atoms with Gasteiger partial charge in [0.25, 0.3) is 5.91 Å². The van der Waals surface area contributed by atoms with Crippen LogP contribution in [-0.2, 0) is 0 Å². The van der Waals surface area contributed by atoms with E-state index in [1.54, 1.807) is 24.3 Å². The number of Topliss-reactive ketones (excluding diaryl/α,β-unsaturated/α-hetero) is 1. The van der Waals surface area contributed by atoms with Crippen molar-refractivity contribution in [1.29, 1.82) is 0 Å². The molecule has 1 amide bonds. The number of benzene rings is 2. The lowest BCUT2D eigenvalue weighted by Crippen LogP contribution is -2.12. The molecule has 0 unspecified atom stereocenters. The van der Waals surface area contributed by atoms with Crippen molar-refractivity contribution in [2.24, 2.45) is 0 Å². The van der Waals surface area contributed by atoms with E-state index in [9.17, 15) is 9.59 Å². The Morgan fingerprint density at radius 1 is 1.14 bits per heavy atom. The van der Waals surface area contributed by atoms with Crippen LogP contribution < -0.4 is 15.8 Å². The topological polar surface area (TPSA) is 94.3 Å². The van der Waals surface area contributed by atoms with Crippen LogP contribution in [0.25, 0.3) is 21.1 Å². The molecular formula is C22H19N3O3S. The van der Waals surface area contributed by atoms with Gasteiger partial charge in [-0.1, -0.05) is 0 Å². The highest BCUT2D eigenvalue weighted by Gasteiger charge is 2.18. The van der Waals surface area contributed by atoms with Crippen molar-refractivity contribution in [2.45, 2.75) is 13.8 Å². The van der Waals surface area contributed by atoms with Crippen molar-refractivity contribution in [3.8, 4) is 5.75 Å². The van der Waals surface area contributed by atoms with Gasteiger partial charge < -0.3 is 15.8 Å². The van der Waals surface area contributed by atoms with Crippen molar-refractivity contribution >= 4 is 55.5 Å². The van der Waals surface area contributed by atoms with Crippen LogP contribution in [0.4, 0.5) is 11.4 Å². The number of carbonyl (C=O) groups excluding carboxylic acids is 2. The molecule has 4 rings (SSSR count). The molecule has 0 saturated carbocycles. The minimum Gasteiger partial charge on any atom is -0.494 e. The number of hydrogen-bond acceptors (Lipinski definition) is 6. The van der Waals surface area contributed by atoms with Crippen LogP contribution in [0, 0.1) is 0 Å². The molecule has 0 saturated heterocycles. The first kappa shape index (κ1) is 18.9. The molecule has 0 aliphatic rings. The Morgan fingerprint density at radius 3 is 2.59 bits per heavy atom. The quantitative estimate of drug-likeness (QED) is 0.461. The SMILES string of the molecule is CCOc1ccc2nc3sc(C(=O)Nc4ccc(C(C)=O)cc4)c(N)c3cc2c1. The van der Waals surface area contributed by atoms with Crippen molar-refractivity contribution in [1.82, 2.24) is 4.98 Å². The monoisotopic (exact) mass is 405 g/mol. The molecule has 0 atom stereocenters. The highest BCUT2D eigenvalue weighted by molar-refractivity contribution is 7.21. The summed E-state index contributed by atoms with van der Waals surface area (Å²) in [5.74, 6) is 0.435. The first-order valence-electron chi connectivity index (χ1n) is 9.14. The van der Waals surface area contributed by atoms with Crippen LogP contribution in [0.2, 0.25) is 0 Å². The molecular weight excluding hydrogens is 386 g/mol. The van der Waals surface area contributed by atoms with Gasteiger partial charge in [0, 0.05) is 22.0 Å². The molecule has 6 nitrogen and oxygen atoms in total. The number of nitrogen functional groups attached to an aromatic ring is 1. The lowest BCUT2D eigenvalue weighted by molar-refractivity contribution is 0.101. The summed E-state index contributed by atoms with van der Waals surface area (Å²) in [6.07, 6.45) is 0. The van der Waals surface area contributed by atoms with Crippen LogP contribution in [0.3, 0.4) is 0 Å². The number of rotatable bonds is 5. The molecule has 0 bridgehead atoms. The molecule has 0 aliphatic carbocycles. The number of hydrogen-bond donors (Lipinski definition) is 2. The second-order valence-corrected chi connectivity index (χ2v) is 7.56. The number of anilines is 2. The average Bonchev–Trinajstić information content (AvgIpc) is 3.03. The fourth-order valence-corrected chi connectivity index (χ4v) is 4.06. The molecule has 7 heteroatoms. The Hall–Kier alpha value is -3.45. The molecule has 2 aromatic heterocycles. The molecule has 0 fully saturated rings. The second kappa shape index (κ2) is 7.52. The van der Waals surface area contributed by atoms with Gasteiger partial charge in [0.15, 0.2) is 5.78 Å². The normalized spacial score (nSPS) is 11.0. The zero-order valence-electron chi connectivity index (χ0n) is 16.0. The summed E-state index contributed by atoms with van der Waals surface area (Å²) in [6, 6.07) is 14.4. The van der Waals surface area contributed by atoms with Gasteiger partial charge in [0.05, 0.1) is 17.8 Å². The highest BCUT2D eigenvalue weighted by Crippen LogP contribution is 2.35. The van der Waals surface area contributed by atoms with E-state index in [1.165, 1.54) is 18.3 Å². The number of aromatic nitrogens is 1. The van der Waals surface area contributed by atoms with Gasteiger partial charge >= 0.3 is 0 Å². The second-order valence-electron chi connectivity index (χ2n) is 6.56. The predicted octanol–water partition coefficient (Wildman–Crippen LogP) is 4.89. The van der Waals surface area contributed by atoms with E-state index in [2.05, 4.69) is 10.3 Å². The molecule has 146 valence electrons. The van der Waals surface area contributed by atoms with Gasteiger partial charge in [-0.05, 0) is 62.4 Å². The maximum Gasteiger partial charge on any atom is 0.267 e. The predicted molar refractivity (Wildman–Crippen MR) is 117 cm³/mol. The van der Waals surface area contributed by atoms with Gasteiger partial charge in [-0.3, -0.25) is 9.59 Å². The van der Waals surface area contributed by atoms with E-state index in [0.29, 0.717) is 33.3 Å². The van der Waals surface area contributed by atoms with Crippen LogP contribution >= 0.6 is 11.3 Å². The first-order chi connectivity index (χ1) is 14.0. The number of pyridine rings is 1. The van der Waals surface area contributed by atoms with E-state index in [0.717, 1.165) is 22.0 Å². The molecule has 29 heavy (non-hydrogen) atoms. The van der Waals surface area contributed by atoms with Gasteiger partial charge in [-0.2, -0.15) is 0 Å². The van der Waals surface area contributed by atoms with Crippen molar-refractivity contribution < 1.29 is 14.3 Å². The Balaban J connectivity index is 1.67. The lowest BCUT2D eigenvalue weighted by Gasteiger charge is -2.05. The smallest absolute Gasteiger partial charge is 0.267 e. The Kier molecular flexibility index (Phi) is 4.90. The molecule has 0 spiro atoms. The first-order valence-corrected chi connectivity index (χ1v) is 9.96. The van der Waals surface area contributed by atoms with E-state index in [1.807, 2.05) is 31.2 Å². The summed E-state index contributed by atoms with van der Waals surface area (Å²) in [5.41, 5.74) is 8.68. The summed E-state index contributed by atoms with van der Waals surface area (Å²) in [5, 5.41) is 4.47. The number of nitrogens with one attached hydrogen (secondary N) is 1.